The third kappa shape index (κ3) is 1.54. The van der Waals surface area contributed by atoms with Crippen LogP contribution in [0.2, 0.25) is 0 Å². The number of nitrogens with zero attached hydrogens (tertiary/aromatic N) is 2. The van der Waals surface area contributed by atoms with Crippen molar-refractivity contribution in [3.8, 4) is 6.07 Å². The third-order valence-electron chi connectivity index (χ3n) is 3.50. The highest BCUT2D eigenvalue weighted by Crippen LogP contribution is 2.42. The van der Waals surface area contributed by atoms with Crippen molar-refractivity contribution in [2.45, 2.75) is 19.3 Å². The van der Waals surface area contributed by atoms with Gasteiger partial charge in [-0.1, -0.05) is 0 Å². The van der Waals surface area contributed by atoms with E-state index in [-0.39, 0.29) is 0 Å². The van der Waals surface area contributed by atoms with Crippen LogP contribution in [0.5, 0.6) is 0 Å². The highest BCUT2D eigenvalue weighted by molar-refractivity contribution is 5.65. The summed E-state index contributed by atoms with van der Waals surface area (Å²) in [7, 11) is 0. The first-order chi connectivity index (χ1) is 6.70. The summed E-state index contributed by atoms with van der Waals surface area (Å²) in [4.78, 5) is 12.2. The molecule has 0 spiro atoms. The zero-order valence-electron chi connectivity index (χ0n) is 8.02. The van der Waals surface area contributed by atoms with E-state index in [0.29, 0.717) is 37.3 Å². The van der Waals surface area contributed by atoms with Crippen LogP contribution >= 0.6 is 0 Å². The lowest BCUT2D eigenvalue weighted by atomic mass is 10.0. The molecule has 0 radical (unpaired) electrons. The number of rotatable bonds is 1. The van der Waals surface area contributed by atoms with Crippen molar-refractivity contribution in [1.82, 2.24) is 4.90 Å². The molecular formula is C10H14N2O2. The Bertz CT molecular complexity index is 270. The number of carboxylic acid groups (broad SMARTS) is 1. The molecule has 1 amide bonds. The number of likely N-dealkylation sites (tertiary alicyclic amines) is 1. The number of fused-ring (bicyclic) bond motifs is 1. The molecule has 1 N–H and O–H groups in total. The third-order valence-corrected chi connectivity index (χ3v) is 3.50. The lowest BCUT2D eigenvalue weighted by molar-refractivity contribution is 0.151. The van der Waals surface area contributed by atoms with Gasteiger partial charge in [0.1, 0.15) is 0 Å². The molecule has 0 aromatic carbocycles. The van der Waals surface area contributed by atoms with Gasteiger partial charge < -0.3 is 10.0 Å². The molecular weight excluding hydrogens is 180 g/mol. The van der Waals surface area contributed by atoms with Gasteiger partial charge in [-0.3, -0.25) is 0 Å². The molecule has 1 saturated heterocycles. The molecule has 4 heteroatoms. The number of amides is 1. The topological polar surface area (TPSA) is 64.3 Å². The first kappa shape index (κ1) is 9.32. The number of nitriles is 1. The molecule has 1 saturated carbocycles. The van der Waals surface area contributed by atoms with Gasteiger partial charge in [-0.05, 0) is 30.6 Å². The van der Waals surface area contributed by atoms with Crippen LogP contribution in [0.3, 0.4) is 0 Å². The van der Waals surface area contributed by atoms with Crippen LogP contribution in [0, 0.1) is 29.1 Å². The van der Waals surface area contributed by atoms with Crippen molar-refractivity contribution in [1.29, 1.82) is 5.26 Å². The molecule has 0 aromatic heterocycles. The molecule has 0 aromatic rings. The average molecular weight is 194 g/mol. The Morgan fingerprint density at radius 3 is 2.43 bits per heavy atom. The Balaban J connectivity index is 1.90. The Kier molecular flexibility index (Phi) is 2.32. The number of hydrogen-bond acceptors (Lipinski definition) is 2. The molecule has 2 fully saturated rings. The van der Waals surface area contributed by atoms with Crippen molar-refractivity contribution in [3.05, 3.63) is 0 Å². The van der Waals surface area contributed by atoms with Crippen LogP contribution in [-0.2, 0) is 0 Å². The van der Waals surface area contributed by atoms with E-state index >= 15 is 0 Å². The minimum atomic E-state index is -0.795. The molecule has 2 aliphatic rings. The van der Waals surface area contributed by atoms with Crippen molar-refractivity contribution in [2.24, 2.45) is 17.8 Å². The maximum Gasteiger partial charge on any atom is 0.407 e. The standard InChI is InChI=1S/C10H14N2O2/c11-2-1-7-3-8-5-12(10(13)14)6-9(8)4-7/h7-9H,1,3-6H2,(H,13,14)/t7?,8-,9+. The summed E-state index contributed by atoms with van der Waals surface area (Å²) in [5.74, 6) is 1.56. The summed E-state index contributed by atoms with van der Waals surface area (Å²) in [5.41, 5.74) is 0. The second-order valence-electron chi connectivity index (χ2n) is 4.41. The SMILES string of the molecule is N#CCC1C[C@@H]2CN(C(=O)O)C[C@@H]2C1. The van der Waals surface area contributed by atoms with Gasteiger partial charge >= 0.3 is 6.09 Å². The van der Waals surface area contributed by atoms with E-state index in [1.165, 1.54) is 4.90 Å². The number of hydrogen-bond donors (Lipinski definition) is 1. The van der Waals surface area contributed by atoms with E-state index in [2.05, 4.69) is 6.07 Å². The zero-order valence-corrected chi connectivity index (χ0v) is 8.02. The van der Waals surface area contributed by atoms with Gasteiger partial charge in [-0.15, -0.1) is 0 Å². The van der Waals surface area contributed by atoms with Crippen LogP contribution in [0.4, 0.5) is 4.79 Å². The van der Waals surface area contributed by atoms with E-state index in [0.717, 1.165) is 12.8 Å². The first-order valence-electron chi connectivity index (χ1n) is 5.05. The van der Waals surface area contributed by atoms with E-state index in [1.807, 2.05) is 0 Å². The van der Waals surface area contributed by atoms with E-state index in [4.69, 9.17) is 10.4 Å². The van der Waals surface area contributed by atoms with Crippen molar-refractivity contribution >= 4 is 6.09 Å². The van der Waals surface area contributed by atoms with Gasteiger partial charge in [-0.2, -0.15) is 5.26 Å². The van der Waals surface area contributed by atoms with Crippen molar-refractivity contribution < 1.29 is 9.90 Å². The number of carbonyl (C=O) groups is 1. The summed E-state index contributed by atoms with van der Waals surface area (Å²) >= 11 is 0. The second-order valence-corrected chi connectivity index (χ2v) is 4.41. The summed E-state index contributed by atoms with van der Waals surface area (Å²) in [6, 6.07) is 2.20. The zero-order chi connectivity index (χ0) is 10.1. The normalized spacial score (nSPS) is 35.4. The minimum Gasteiger partial charge on any atom is -0.465 e. The summed E-state index contributed by atoms with van der Waals surface area (Å²) in [6.07, 6.45) is 1.93. The molecule has 3 atom stereocenters. The fraction of sp³-hybridized carbons (Fsp3) is 0.800. The monoisotopic (exact) mass is 194 g/mol. The Morgan fingerprint density at radius 1 is 1.43 bits per heavy atom. The Morgan fingerprint density at radius 2 is 2.00 bits per heavy atom. The van der Waals surface area contributed by atoms with Gasteiger partial charge in [-0.25, -0.2) is 4.79 Å². The predicted molar refractivity (Wildman–Crippen MR) is 49.5 cm³/mol. The fourth-order valence-electron chi connectivity index (χ4n) is 2.88. The molecule has 1 aliphatic carbocycles. The average Bonchev–Trinajstić information content (AvgIpc) is 2.61. The van der Waals surface area contributed by atoms with Crippen LogP contribution in [0.1, 0.15) is 19.3 Å². The van der Waals surface area contributed by atoms with Crippen LogP contribution in [0.25, 0.3) is 0 Å². The maximum absolute atomic E-state index is 10.7. The van der Waals surface area contributed by atoms with Gasteiger partial charge in [0, 0.05) is 19.5 Å². The maximum atomic E-state index is 10.7. The van der Waals surface area contributed by atoms with Gasteiger partial charge in [0.25, 0.3) is 0 Å². The molecule has 1 unspecified atom stereocenters. The lowest BCUT2D eigenvalue weighted by Gasteiger charge is -2.14. The largest absolute Gasteiger partial charge is 0.465 e. The lowest BCUT2D eigenvalue weighted by Crippen LogP contribution is -2.28. The van der Waals surface area contributed by atoms with Crippen LogP contribution < -0.4 is 0 Å². The highest BCUT2D eigenvalue weighted by Gasteiger charge is 2.42. The molecule has 1 heterocycles. The summed E-state index contributed by atoms with van der Waals surface area (Å²) in [5, 5.41) is 17.4. The summed E-state index contributed by atoms with van der Waals surface area (Å²) < 4.78 is 0. The van der Waals surface area contributed by atoms with E-state index in [9.17, 15) is 4.79 Å². The van der Waals surface area contributed by atoms with Gasteiger partial charge in [0.2, 0.25) is 0 Å². The quantitative estimate of drug-likeness (QED) is 0.688. The summed E-state index contributed by atoms with van der Waals surface area (Å²) in [6.45, 7) is 1.36. The Labute approximate surface area is 83.1 Å². The van der Waals surface area contributed by atoms with Gasteiger partial charge in [0.05, 0.1) is 6.07 Å². The van der Waals surface area contributed by atoms with Crippen molar-refractivity contribution in [2.75, 3.05) is 13.1 Å². The molecule has 2 rings (SSSR count). The van der Waals surface area contributed by atoms with Gasteiger partial charge in [0.15, 0.2) is 0 Å². The van der Waals surface area contributed by atoms with E-state index in [1.54, 1.807) is 0 Å². The molecule has 4 nitrogen and oxygen atoms in total. The molecule has 1 aliphatic heterocycles. The molecule has 14 heavy (non-hydrogen) atoms. The smallest absolute Gasteiger partial charge is 0.407 e. The predicted octanol–water partition coefficient (Wildman–Crippen LogP) is 1.54. The minimum absolute atomic E-state index is 0.518. The fourth-order valence-corrected chi connectivity index (χ4v) is 2.88. The molecule has 0 bridgehead atoms. The van der Waals surface area contributed by atoms with Crippen molar-refractivity contribution in [3.63, 3.8) is 0 Å². The molecule has 76 valence electrons. The van der Waals surface area contributed by atoms with Crippen LogP contribution in [-0.4, -0.2) is 29.2 Å². The highest BCUT2D eigenvalue weighted by atomic mass is 16.4. The van der Waals surface area contributed by atoms with Crippen LogP contribution in [0.15, 0.2) is 0 Å². The van der Waals surface area contributed by atoms with E-state index < -0.39 is 6.09 Å². The Hall–Kier alpha value is -1.24. The second kappa shape index (κ2) is 3.49. The first-order valence-corrected chi connectivity index (χ1v) is 5.05.